The molecular formula is C17H27N3O4S. The molecule has 25 heavy (non-hydrogen) atoms. The third-order valence-corrected chi connectivity index (χ3v) is 6.85. The normalized spacial score (nSPS) is 34.1. The Kier molecular flexibility index (Phi) is 5.43. The summed E-state index contributed by atoms with van der Waals surface area (Å²) in [6.45, 7) is 4.59. The van der Waals surface area contributed by atoms with E-state index >= 15 is 0 Å². The highest BCUT2D eigenvalue weighted by Crippen LogP contribution is 2.48. The standard InChI is InChI=1S/C17H27N3O4S/c1-8(18-3)4-10-5-11(7-19-10)25-13-6-12-14(9(2)21)16(22)20(12)15(13)17(23)24/h8-12,14,18-19,21H,4-7H2,1-3H3,(H,23,24)/t8?,9-,10-,11+,12-,14-/m1/s1. The SMILES string of the molecule is CNC(C)C[C@@H]1C[C@H](SC2=C(C(=O)O)N3C(=O)[C@H]([C@@H](C)O)[C@H]3C2)CN1. The third-order valence-electron chi connectivity index (χ3n) is 5.51. The number of nitrogens with zero attached hydrogens (tertiary/aromatic N) is 1. The van der Waals surface area contributed by atoms with Gasteiger partial charge in [-0.05, 0) is 33.7 Å². The van der Waals surface area contributed by atoms with Crippen LogP contribution in [-0.4, -0.2) is 70.1 Å². The average Bonchev–Trinajstić information content (AvgIpc) is 3.09. The maximum absolute atomic E-state index is 12.2. The number of carbonyl (C=O) groups excluding carboxylic acids is 1. The largest absolute Gasteiger partial charge is 0.477 e. The van der Waals surface area contributed by atoms with Gasteiger partial charge in [0.05, 0.1) is 18.1 Å². The molecule has 0 aliphatic carbocycles. The van der Waals surface area contributed by atoms with Gasteiger partial charge in [0.2, 0.25) is 5.91 Å². The lowest BCUT2D eigenvalue weighted by atomic mass is 9.83. The van der Waals surface area contributed by atoms with E-state index in [1.165, 1.54) is 4.90 Å². The second-order valence-electron chi connectivity index (χ2n) is 7.33. The second kappa shape index (κ2) is 7.26. The topological polar surface area (TPSA) is 102 Å². The first kappa shape index (κ1) is 18.7. The Balaban J connectivity index is 1.66. The molecule has 140 valence electrons. The number of carbonyl (C=O) groups is 2. The van der Waals surface area contributed by atoms with Gasteiger partial charge in [-0.2, -0.15) is 0 Å². The van der Waals surface area contributed by atoms with E-state index in [0.29, 0.717) is 23.8 Å². The van der Waals surface area contributed by atoms with E-state index in [2.05, 4.69) is 17.6 Å². The molecule has 8 heteroatoms. The number of β-lactam (4-membered cyclic amide) rings is 1. The van der Waals surface area contributed by atoms with E-state index in [1.807, 2.05) is 7.05 Å². The number of fused-ring (bicyclic) bond motifs is 1. The molecule has 0 aromatic carbocycles. The minimum absolute atomic E-state index is 0.129. The number of thioether (sulfide) groups is 1. The van der Waals surface area contributed by atoms with Gasteiger partial charge in [-0.25, -0.2) is 4.79 Å². The van der Waals surface area contributed by atoms with E-state index in [9.17, 15) is 19.8 Å². The fourth-order valence-corrected chi connectivity index (χ4v) is 5.61. The summed E-state index contributed by atoms with van der Waals surface area (Å²) < 4.78 is 0. The first-order valence-electron chi connectivity index (χ1n) is 8.88. The Morgan fingerprint density at radius 1 is 1.48 bits per heavy atom. The Hall–Kier alpha value is -1.09. The smallest absolute Gasteiger partial charge is 0.353 e. The molecular weight excluding hydrogens is 342 g/mol. The van der Waals surface area contributed by atoms with Crippen molar-refractivity contribution in [3.63, 3.8) is 0 Å². The Morgan fingerprint density at radius 3 is 2.80 bits per heavy atom. The predicted molar refractivity (Wildman–Crippen MR) is 96.0 cm³/mol. The van der Waals surface area contributed by atoms with Crippen LogP contribution >= 0.6 is 11.8 Å². The number of amides is 1. The van der Waals surface area contributed by atoms with E-state index < -0.39 is 18.0 Å². The van der Waals surface area contributed by atoms with Crippen LogP contribution in [0.25, 0.3) is 0 Å². The summed E-state index contributed by atoms with van der Waals surface area (Å²) in [5.41, 5.74) is 0.129. The van der Waals surface area contributed by atoms with Gasteiger partial charge in [-0.1, -0.05) is 0 Å². The van der Waals surface area contributed by atoms with Crippen LogP contribution in [0.2, 0.25) is 0 Å². The van der Waals surface area contributed by atoms with Crippen molar-refractivity contribution in [2.45, 2.75) is 62.6 Å². The van der Waals surface area contributed by atoms with Crippen LogP contribution in [0.3, 0.4) is 0 Å². The lowest BCUT2D eigenvalue weighted by molar-refractivity contribution is -0.161. The highest BCUT2D eigenvalue weighted by atomic mass is 32.2. The van der Waals surface area contributed by atoms with E-state index in [4.69, 9.17) is 0 Å². The molecule has 0 aromatic heterocycles. The van der Waals surface area contributed by atoms with Crippen LogP contribution in [0.5, 0.6) is 0 Å². The third kappa shape index (κ3) is 3.45. The van der Waals surface area contributed by atoms with Gasteiger partial charge < -0.3 is 25.7 Å². The van der Waals surface area contributed by atoms with Crippen molar-refractivity contribution in [1.29, 1.82) is 0 Å². The zero-order chi connectivity index (χ0) is 18.3. The number of aliphatic hydroxyl groups is 1. The molecule has 3 aliphatic rings. The van der Waals surface area contributed by atoms with Gasteiger partial charge in [0.25, 0.3) is 0 Å². The number of carboxylic acids is 1. The van der Waals surface area contributed by atoms with E-state index in [0.717, 1.165) is 24.3 Å². The molecule has 6 atom stereocenters. The quantitative estimate of drug-likeness (QED) is 0.481. The van der Waals surface area contributed by atoms with Crippen molar-refractivity contribution in [3.8, 4) is 0 Å². The van der Waals surface area contributed by atoms with Gasteiger partial charge in [0.1, 0.15) is 5.70 Å². The van der Waals surface area contributed by atoms with Crippen molar-refractivity contribution >= 4 is 23.6 Å². The zero-order valence-corrected chi connectivity index (χ0v) is 15.7. The molecule has 3 aliphatic heterocycles. The summed E-state index contributed by atoms with van der Waals surface area (Å²) in [4.78, 5) is 26.1. The summed E-state index contributed by atoms with van der Waals surface area (Å²) in [6.07, 6.45) is 1.83. The lowest BCUT2D eigenvalue weighted by Crippen LogP contribution is -2.61. The maximum Gasteiger partial charge on any atom is 0.353 e. The van der Waals surface area contributed by atoms with Crippen molar-refractivity contribution < 1.29 is 19.8 Å². The van der Waals surface area contributed by atoms with Gasteiger partial charge in [0, 0.05) is 35.2 Å². The number of aliphatic carboxylic acids is 1. The molecule has 7 nitrogen and oxygen atoms in total. The molecule has 0 aromatic rings. The average molecular weight is 369 g/mol. The molecule has 0 radical (unpaired) electrons. The molecule has 3 rings (SSSR count). The van der Waals surface area contributed by atoms with E-state index in [-0.39, 0.29) is 17.6 Å². The van der Waals surface area contributed by atoms with Gasteiger partial charge in [-0.15, -0.1) is 11.8 Å². The molecule has 1 unspecified atom stereocenters. The van der Waals surface area contributed by atoms with E-state index in [1.54, 1.807) is 18.7 Å². The fourth-order valence-electron chi connectivity index (χ4n) is 4.13. The molecule has 0 bridgehead atoms. The van der Waals surface area contributed by atoms with Crippen molar-refractivity contribution in [1.82, 2.24) is 15.5 Å². The van der Waals surface area contributed by atoms with Gasteiger partial charge >= 0.3 is 5.97 Å². The van der Waals surface area contributed by atoms with Gasteiger partial charge in [-0.3, -0.25) is 4.79 Å². The number of nitrogens with one attached hydrogen (secondary N) is 2. The first-order chi connectivity index (χ1) is 11.8. The molecule has 0 saturated carbocycles. The van der Waals surface area contributed by atoms with Crippen LogP contribution < -0.4 is 10.6 Å². The summed E-state index contributed by atoms with van der Waals surface area (Å²) in [5.74, 6) is -1.79. The van der Waals surface area contributed by atoms with Gasteiger partial charge in [0.15, 0.2) is 0 Å². The van der Waals surface area contributed by atoms with Crippen LogP contribution in [0.1, 0.15) is 33.1 Å². The number of rotatable bonds is 7. The van der Waals surface area contributed by atoms with Crippen LogP contribution in [-0.2, 0) is 9.59 Å². The van der Waals surface area contributed by atoms with Crippen LogP contribution in [0.15, 0.2) is 10.6 Å². The predicted octanol–water partition coefficient (Wildman–Crippen LogP) is 0.356. The molecule has 1 amide bonds. The Bertz CT molecular complexity index is 594. The number of aliphatic hydroxyl groups excluding tert-OH is 1. The Labute approximate surface area is 152 Å². The summed E-state index contributed by atoms with van der Waals surface area (Å²) in [5, 5.41) is 26.4. The van der Waals surface area contributed by atoms with Crippen molar-refractivity contribution in [2.75, 3.05) is 13.6 Å². The molecule has 3 heterocycles. The summed E-state index contributed by atoms with van der Waals surface area (Å²) >= 11 is 1.59. The Morgan fingerprint density at radius 2 is 2.20 bits per heavy atom. The highest BCUT2D eigenvalue weighted by molar-refractivity contribution is 8.03. The summed E-state index contributed by atoms with van der Waals surface area (Å²) in [6, 6.07) is 0.669. The maximum atomic E-state index is 12.2. The number of hydrogen-bond donors (Lipinski definition) is 4. The highest BCUT2D eigenvalue weighted by Gasteiger charge is 2.57. The van der Waals surface area contributed by atoms with Crippen LogP contribution in [0.4, 0.5) is 0 Å². The monoisotopic (exact) mass is 369 g/mol. The molecule has 2 saturated heterocycles. The van der Waals surface area contributed by atoms with Crippen molar-refractivity contribution in [3.05, 3.63) is 10.6 Å². The molecule has 4 N–H and O–H groups in total. The lowest BCUT2D eigenvalue weighted by Gasteiger charge is -2.44. The first-order valence-corrected chi connectivity index (χ1v) is 9.76. The molecule has 0 spiro atoms. The van der Waals surface area contributed by atoms with Crippen molar-refractivity contribution in [2.24, 2.45) is 5.92 Å². The summed E-state index contributed by atoms with van der Waals surface area (Å²) in [7, 11) is 1.95. The fraction of sp³-hybridized carbons (Fsp3) is 0.765. The minimum Gasteiger partial charge on any atom is -0.477 e. The number of hydrogen-bond acceptors (Lipinski definition) is 6. The number of carboxylic acid groups (broad SMARTS) is 1. The molecule has 2 fully saturated rings. The second-order valence-corrected chi connectivity index (χ2v) is 8.72. The minimum atomic E-state index is -1.05. The van der Waals surface area contributed by atoms with Crippen LogP contribution in [0, 0.1) is 5.92 Å². The zero-order valence-electron chi connectivity index (χ0n) is 14.9.